The number of phenolic OH excluding ortho intramolecular Hbond substituents is 1. The molecular weight excluding hydrogens is 420 g/mol. The van der Waals surface area contributed by atoms with Gasteiger partial charge >= 0.3 is 11.9 Å². The van der Waals surface area contributed by atoms with Crippen molar-refractivity contribution in [3.63, 3.8) is 0 Å². The quantitative estimate of drug-likeness (QED) is 0.350. The zero-order valence-corrected chi connectivity index (χ0v) is 22.0. The Morgan fingerprint density at radius 1 is 0.818 bits per heavy atom. The average molecular weight is 465 g/mol. The second kappa shape index (κ2) is 12.3. The van der Waals surface area contributed by atoms with Crippen LogP contribution in [0.1, 0.15) is 105 Å². The van der Waals surface area contributed by atoms with Gasteiger partial charge in [-0.1, -0.05) is 27.7 Å². The van der Waals surface area contributed by atoms with Crippen LogP contribution in [-0.4, -0.2) is 36.4 Å². The maximum atomic E-state index is 11.9. The fourth-order valence-corrected chi connectivity index (χ4v) is 4.07. The molecule has 0 aliphatic rings. The summed E-state index contributed by atoms with van der Waals surface area (Å²) in [6.07, 6.45) is 3.30. The Hall–Kier alpha value is -2.24. The number of hydrogen-bond acceptors (Lipinski definition) is 6. The van der Waals surface area contributed by atoms with Gasteiger partial charge in [0.05, 0.1) is 19.3 Å². The summed E-state index contributed by atoms with van der Waals surface area (Å²) in [6.45, 7) is 15.7. The highest BCUT2D eigenvalue weighted by atomic mass is 16.5. The molecule has 33 heavy (non-hydrogen) atoms. The molecule has 1 rings (SSSR count). The van der Waals surface area contributed by atoms with Crippen molar-refractivity contribution in [1.29, 1.82) is 0 Å². The number of esters is 2. The standard InChI is InChI=1S/C27H44O6/c1-18(2)32-24(29)12-10-14-26(5,6)20-17-23(31-9)21(16-22(20)28)27(7,8)15-11-13-25(30)33-19(3)4/h16-19,28H,10-15H2,1-9H3. The van der Waals surface area contributed by atoms with E-state index in [0.29, 0.717) is 31.4 Å². The van der Waals surface area contributed by atoms with Crippen molar-refractivity contribution in [1.82, 2.24) is 0 Å². The molecule has 6 nitrogen and oxygen atoms in total. The number of carbonyl (C=O) groups is 2. The Morgan fingerprint density at radius 2 is 1.24 bits per heavy atom. The number of methoxy groups -OCH3 is 1. The Morgan fingerprint density at radius 3 is 1.64 bits per heavy atom. The molecule has 0 aliphatic heterocycles. The fraction of sp³-hybridized carbons (Fsp3) is 0.704. The third-order valence-electron chi connectivity index (χ3n) is 5.88. The number of rotatable bonds is 13. The van der Waals surface area contributed by atoms with Crippen LogP contribution in [0.4, 0.5) is 0 Å². The van der Waals surface area contributed by atoms with E-state index in [-0.39, 0.29) is 40.7 Å². The third kappa shape index (κ3) is 9.26. The molecule has 0 bridgehead atoms. The number of aromatic hydroxyl groups is 1. The highest BCUT2D eigenvalue weighted by Crippen LogP contribution is 2.44. The van der Waals surface area contributed by atoms with Crippen molar-refractivity contribution in [2.45, 2.75) is 117 Å². The molecule has 0 amide bonds. The number of carbonyl (C=O) groups excluding carboxylic acids is 2. The Kier molecular flexibility index (Phi) is 10.7. The molecule has 1 N–H and O–H groups in total. The second-order valence-corrected chi connectivity index (χ2v) is 10.6. The summed E-state index contributed by atoms with van der Waals surface area (Å²) in [4.78, 5) is 23.7. The van der Waals surface area contributed by atoms with E-state index in [1.165, 1.54) is 0 Å². The molecule has 0 saturated heterocycles. The molecule has 6 heteroatoms. The lowest BCUT2D eigenvalue weighted by Gasteiger charge is -2.31. The molecule has 0 atom stereocenters. The van der Waals surface area contributed by atoms with Crippen LogP contribution in [0.15, 0.2) is 12.1 Å². The Balaban J connectivity index is 2.95. The van der Waals surface area contributed by atoms with Crippen LogP contribution in [0.3, 0.4) is 0 Å². The van der Waals surface area contributed by atoms with E-state index in [4.69, 9.17) is 14.2 Å². The van der Waals surface area contributed by atoms with Crippen molar-refractivity contribution in [2.75, 3.05) is 7.11 Å². The molecule has 0 unspecified atom stereocenters. The van der Waals surface area contributed by atoms with Gasteiger partial charge in [0, 0.05) is 24.0 Å². The molecular formula is C27H44O6. The highest BCUT2D eigenvalue weighted by molar-refractivity contribution is 5.69. The second-order valence-electron chi connectivity index (χ2n) is 10.6. The van der Waals surface area contributed by atoms with E-state index in [1.807, 2.05) is 33.8 Å². The van der Waals surface area contributed by atoms with E-state index < -0.39 is 0 Å². The van der Waals surface area contributed by atoms with Crippen LogP contribution in [0.25, 0.3) is 0 Å². The minimum Gasteiger partial charge on any atom is -0.508 e. The maximum absolute atomic E-state index is 11.9. The zero-order valence-electron chi connectivity index (χ0n) is 22.0. The van der Waals surface area contributed by atoms with Gasteiger partial charge in [-0.2, -0.15) is 0 Å². The number of hydrogen-bond donors (Lipinski definition) is 1. The van der Waals surface area contributed by atoms with Crippen molar-refractivity contribution in [3.05, 3.63) is 23.3 Å². The Labute approximate surface area is 200 Å². The zero-order chi connectivity index (χ0) is 25.4. The number of ether oxygens (including phenoxy) is 3. The van der Waals surface area contributed by atoms with E-state index in [9.17, 15) is 14.7 Å². The molecule has 1 aromatic rings. The lowest BCUT2D eigenvalue weighted by molar-refractivity contribution is -0.148. The first-order valence-electron chi connectivity index (χ1n) is 12.0. The maximum Gasteiger partial charge on any atom is 0.306 e. The van der Waals surface area contributed by atoms with Crippen molar-refractivity contribution in [2.24, 2.45) is 0 Å². The number of benzene rings is 1. The van der Waals surface area contributed by atoms with Gasteiger partial charge in [-0.25, -0.2) is 0 Å². The predicted octanol–water partition coefficient (Wildman–Crippen LogP) is 6.20. The summed E-state index contributed by atoms with van der Waals surface area (Å²) >= 11 is 0. The lowest BCUT2D eigenvalue weighted by atomic mass is 9.75. The van der Waals surface area contributed by atoms with Crippen LogP contribution in [0, 0.1) is 0 Å². The first kappa shape index (κ1) is 28.8. The first-order valence-corrected chi connectivity index (χ1v) is 12.0. The van der Waals surface area contributed by atoms with E-state index in [1.54, 1.807) is 13.2 Å². The van der Waals surface area contributed by atoms with E-state index in [2.05, 4.69) is 27.7 Å². The van der Waals surface area contributed by atoms with Gasteiger partial charge in [-0.15, -0.1) is 0 Å². The molecule has 0 heterocycles. The molecule has 0 saturated carbocycles. The van der Waals surface area contributed by atoms with Gasteiger partial charge in [-0.3, -0.25) is 9.59 Å². The lowest BCUT2D eigenvalue weighted by Crippen LogP contribution is -2.22. The normalized spacial score (nSPS) is 12.2. The van der Waals surface area contributed by atoms with Crippen LogP contribution in [0.2, 0.25) is 0 Å². The van der Waals surface area contributed by atoms with Crippen molar-refractivity contribution in [3.8, 4) is 11.5 Å². The SMILES string of the molecule is COc1cc(C(C)(C)CCCC(=O)OC(C)C)c(O)cc1C(C)(C)CCCC(=O)OC(C)C. The summed E-state index contributed by atoms with van der Waals surface area (Å²) in [5.41, 5.74) is 1.04. The van der Waals surface area contributed by atoms with Crippen LogP contribution >= 0.6 is 0 Å². The third-order valence-corrected chi connectivity index (χ3v) is 5.88. The molecule has 0 aromatic heterocycles. The van der Waals surface area contributed by atoms with Crippen molar-refractivity contribution >= 4 is 11.9 Å². The predicted molar refractivity (Wildman–Crippen MR) is 131 cm³/mol. The summed E-state index contributed by atoms with van der Waals surface area (Å²) < 4.78 is 16.1. The molecule has 1 aromatic carbocycles. The monoisotopic (exact) mass is 464 g/mol. The van der Waals surface area contributed by atoms with Gasteiger partial charge in [0.1, 0.15) is 11.5 Å². The minimum atomic E-state index is -0.348. The van der Waals surface area contributed by atoms with Gasteiger partial charge in [0.15, 0.2) is 0 Å². The van der Waals surface area contributed by atoms with Crippen LogP contribution < -0.4 is 4.74 Å². The van der Waals surface area contributed by atoms with Gasteiger partial charge in [-0.05, 0) is 76.3 Å². The van der Waals surface area contributed by atoms with E-state index >= 15 is 0 Å². The molecule has 0 spiro atoms. The summed E-state index contributed by atoms with van der Waals surface area (Å²) in [5.74, 6) is 0.541. The van der Waals surface area contributed by atoms with Crippen LogP contribution in [0.5, 0.6) is 11.5 Å². The number of phenols is 1. The van der Waals surface area contributed by atoms with Crippen molar-refractivity contribution < 1.29 is 28.9 Å². The summed E-state index contributed by atoms with van der Waals surface area (Å²) in [5, 5.41) is 10.9. The summed E-state index contributed by atoms with van der Waals surface area (Å²) in [6, 6.07) is 3.70. The smallest absolute Gasteiger partial charge is 0.306 e. The summed E-state index contributed by atoms with van der Waals surface area (Å²) in [7, 11) is 1.63. The highest BCUT2D eigenvalue weighted by Gasteiger charge is 2.30. The largest absolute Gasteiger partial charge is 0.508 e. The van der Waals surface area contributed by atoms with Crippen LogP contribution in [-0.2, 0) is 29.9 Å². The fourth-order valence-electron chi connectivity index (χ4n) is 4.07. The van der Waals surface area contributed by atoms with Gasteiger partial charge in [0.2, 0.25) is 0 Å². The van der Waals surface area contributed by atoms with E-state index in [0.717, 1.165) is 24.0 Å². The minimum absolute atomic E-state index is 0.112. The molecule has 0 aliphatic carbocycles. The molecule has 188 valence electrons. The molecule has 0 radical (unpaired) electrons. The van der Waals surface area contributed by atoms with Gasteiger partial charge in [0.25, 0.3) is 0 Å². The first-order chi connectivity index (χ1) is 15.2. The average Bonchev–Trinajstić information content (AvgIpc) is 2.66. The Bertz CT molecular complexity index is 792. The van der Waals surface area contributed by atoms with Gasteiger partial charge < -0.3 is 19.3 Å². The molecule has 0 fully saturated rings. The topological polar surface area (TPSA) is 82.1 Å².